The molecule has 0 amide bonds. The second kappa shape index (κ2) is 10.5. The molecule has 6 rings (SSSR count). The predicted octanol–water partition coefficient (Wildman–Crippen LogP) is 5.76. The van der Waals surface area contributed by atoms with Gasteiger partial charge in [0, 0.05) is 28.7 Å². The lowest BCUT2D eigenvalue weighted by Gasteiger charge is -2.25. The number of nitro groups is 1. The molecule has 1 aliphatic heterocycles. The quantitative estimate of drug-likeness (QED) is 0.193. The van der Waals surface area contributed by atoms with Crippen LogP contribution in [0.4, 0.5) is 5.69 Å². The predicted molar refractivity (Wildman–Crippen MR) is 153 cm³/mol. The minimum atomic E-state index is -0.372. The summed E-state index contributed by atoms with van der Waals surface area (Å²) in [5, 5.41) is 20.8. The normalized spacial score (nSPS) is 14.7. The maximum atomic E-state index is 11.5. The first kappa shape index (κ1) is 25.6. The molecule has 0 saturated carbocycles. The molecule has 0 spiro atoms. The van der Waals surface area contributed by atoms with E-state index < -0.39 is 0 Å². The highest BCUT2D eigenvalue weighted by atomic mass is 16.6. The molecule has 3 aromatic carbocycles. The molecule has 9 nitrogen and oxygen atoms in total. The summed E-state index contributed by atoms with van der Waals surface area (Å²) < 4.78 is 13.4. The van der Waals surface area contributed by atoms with Gasteiger partial charge >= 0.3 is 5.69 Å². The number of methoxy groups -OCH3 is 1. The van der Waals surface area contributed by atoms with Crippen molar-refractivity contribution in [3.05, 3.63) is 116 Å². The van der Waals surface area contributed by atoms with Crippen LogP contribution in [0.25, 0.3) is 10.9 Å². The van der Waals surface area contributed by atoms with Gasteiger partial charge in [0.1, 0.15) is 29.5 Å². The van der Waals surface area contributed by atoms with Crippen molar-refractivity contribution >= 4 is 16.6 Å². The van der Waals surface area contributed by atoms with Gasteiger partial charge in [0.2, 0.25) is 0 Å². The van der Waals surface area contributed by atoms with Crippen LogP contribution in [0.3, 0.4) is 0 Å². The van der Waals surface area contributed by atoms with E-state index in [2.05, 4.69) is 51.8 Å². The van der Waals surface area contributed by atoms with Gasteiger partial charge in [-0.25, -0.2) is 0 Å². The molecule has 1 atom stereocenters. The summed E-state index contributed by atoms with van der Waals surface area (Å²) in [6.07, 6.45) is 0.909. The zero-order chi connectivity index (χ0) is 27.8. The second-order valence-corrected chi connectivity index (χ2v) is 10.1. The molecule has 0 bridgehead atoms. The zero-order valence-corrected chi connectivity index (χ0v) is 22.7. The highest BCUT2D eigenvalue weighted by Gasteiger charge is 2.27. The van der Waals surface area contributed by atoms with Crippen molar-refractivity contribution in [2.75, 3.05) is 13.7 Å². The highest BCUT2D eigenvalue weighted by Crippen LogP contribution is 2.37. The number of hydrogen-bond acceptors (Lipinski definition) is 6. The van der Waals surface area contributed by atoms with Crippen molar-refractivity contribution in [1.29, 1.82) is 0 Å². The van der Waals surface area contributed by atoms with Crippen molar-refractivity contribution in [1.82, 2.24) is 20.1 Å². The maximum absolute atomic E-state index is 11.5. The number of rotatable bonds is 8. The number of nitrogens with one attached hydrogen (secondary N) is 2. The van der Waals surface area contributed by atoms with Crippen LogP contribution in [0, 0.1) is 24.0 Å². The van der Waals surface area contributed by atoms with Gasteiger partial charge < -0.3 is 19.8 Å². The van der Waals surface area contributed by atoms with E-state index in [4.69, 9.17) is 9.47 Å². The van der Waals surface area contributed by atoms with Crippen molar-refractivity contribution in [3.8, 4) is 11.5 Å². The monoisotopic (exact) mass is 537 g/mol. The molecule has 3 heterocycles. The van der Waals surface area contributed by atoms with Gasteiger partial charge in [-0.3, -0.25) is 14.8 Å². The van der Waals surface area contributed by atoms with Gasteiger partial charge in [-0.15, -0.1) is 0 Å². The Bertz CT molecular complexity index is 1710. The number of nitrogens with zero attached hydrogens (tertiary/aromatic N) is 3. The standard InChI is InChI=1S/C31H31N5O4/c1-19-31(36(37)38)20(2)35(34-19)17-23-15-22(9-12-28(23)39-3)29-30-25(13-14-32-29)26-16-24(10-11-27(26)33-30)40-18-21-7-5-4-6-8-21/h4-12,15-16,29,32-33H,13-14,17-18H2,1-3H3/t29-/m1/s1. The molecule has 5 aromatic rings. The van der Waals surface area contributed by atoms with Crippen LogP contribution in [0.1, 0.15) is 45.4 Å². The van der Waals surface area contributed by atoms with Gasteiger partial charge in [0.05, 0.1) is 24.6 Å². The van der Waals surface area contributed by atoms with E-state index >= 15 is 0 Å². The second-order valence-electron chi connectivity index (χ2n) is 10.1. The fourth-order valence-electron chi connectivity index (χ4n) is 5.69. The smallest absolute Gasteiger partial charge is 0.312 e. The lowest BCUT2D eigenvalue weighted by molar-refractivity contribution is -0.386. The Morgan fingerprint density at radius 1 is 1.10 bits per heavy atom. The van der Waals surface area contributed by atoms with Crippen LogP contribution in [0.5, 0.6) is 11.5 Å². The minimum absolute atomic E-state index is 0.0377. The summed E-state index contributed by atoms with van der Waals surface area (Å²) in [5.41, 5.74) is 7.61. The van der Waals surface area contributed by atoms with Crippen LogP contribution in [0.15, 0.2) is 66.7 Å². The fourth-order valence-corrected chi connectivity index (χ4v) is 5.69. The molecule has 1 aliphatic rings. The summed E-state index contributed by atoms with van der Waals surface area (Å²) >= 11 is 0. The Hall–Kier alpha value is -4.63. The zero-order valence-electron chi connectivity index (χ0n) is 22.7. The lowest BCUT2D eigenvalue weighted by Crippen LogP contribution is -2.30. The van der Waals surface area contributed by atoms with E-state index in [9.17, 15) is 10.1 Å². The van der Waals surface area contributed by atoms with Gasteiger partial charge in [0.15, 0.2) is 0 Å². The Morgan fingerprint density at radius 3 is 2.67 bits per heavy atom. The molecule has 204 valence electrons. The number of aryl methyl sites for hydroxylation is 1. The molecule has 2 aromatic heterocycles. The number of ether oxygens (including phenoxy) is 2. The molecule has 0 aliphatic carbocycles. The number of aromatic nitrogens is 3. The molecule has 2 N–H and O–H groups in total. The van der Waals surface area contributed by atoms with Crippen LogP contribution in [-0.4, -0.2) is 33.3 Å². The molecule has 0 saturated heterocycles. The maximum Gasteiger partial charge on any atom is 0.312 e. The Balaban J connectivity index is 1.31. The number of H-pyrrole nitrogens is 1. The first-order chi connectivity index (χ1) is 19.4. The van der Waals surface area contributed by atoms with E-state index in [1.807, 2.05) is 30.3 Å². The molecule has 0 radical (unpaired) electrons. The average molecular weight is 538 g/mol. The van der Waals surface area contributed by atoms with Gasteiger partial charge in [-0.05, 0) is 67.3 Å². The Kier molecular flexibility index (Phi) is 6.73. The Labute approximate surface area is 231 Å². The van der Waals surface area contributed by atoms with E-state index in [0.29, 0.717) is 30.3 Å². The van der Waals surface area contributed by atoms with Crippen molar-refractivity contribution in [2.24, 2.45) is 0 Å². The average Bonchev–Trinajstić information content (AvgIpc) is 3.47. The SMILES string of the molecule is COc1ccc([C@H]2NCCc3c2[nH]c2ccc(OCc4ccccc4)cc32)cc1Cn1nc(C)c([N+](=O)[O-])c1C. The van der Waals surface area contributed by atoms with Gasteiger partial charge in [-0.2, -0.15) is 5.10 Å². The molecule has 9 heteroatoms. The van der Waals surface area contributed by atoms with Gasteiger partial charge in [0.25, 0.3) is 0 Å². The van der Waals surface area contributed by atoms with Crippen LogP contribution < -0.4 is 14.8 Å². The topological polar surface area (TPSA) is 107 Å². The van der Waals surface area contributed by atoms with E-state index in [1.165, 1.54) is 10.9 Å². The molecule has 40 heavy (non-hydrogen) atoms. The molecule has 0 unspecified atom stereocenters. The Morgan fingerprint density at radius 2 is 1.93 bits per heavy atom. The first-order valence-electron chi connectivity index (χ1n) is 13.3. The van der Waals surface area contributed by atoms with Crippen molar-refractivity contribution < 1.29 is 14.4 Å². The summed E-state index contributed by atoms with van der Waals surface area (Å²) in [4.78, 5) is 14.8. The third-order valence-electron chi connectivity index (χ3n) is 7.65. The van der Waals surface area contributed by atoms with Crippen LogP contribution in [-0.2, 0) is 19.6 Å². The van der Waals surface area contributed by atoms with E-state index in [-0.39, 0.29) is 16.7 Å². The number of benzene rings is 3. The van der Waals surface area contributed by atoms with Crippen molar-refractivity contribution in [3.63, 3.8) is 0 Å². The minimum Gasteiger partial charge on any atom is -0.496 e. The van der Waals surface area contributed by atoms with E-state index in [0.717, 1.165) is 46.6 Å². The third kappa shape index (κ3) is 4.69. The molecular formula is C31H31N5O4. The fraction of sp³-hybridized carbons (Fsp3) is 0.258. The summed E-state index contributed by atoms with van der Waals surface area (Å²) in [7, 11) is 1.63. The third-order valence-corrected chi connectivity index (χ3v) is 7.65. The number of aromatic amines is 1. The molecule has 0 fully saturated rings. The van der Waals surface area contributed by atoms with Crippen LogP contribution in [0.2, 0.25) is 0 Å². The summed E-state index contributed by atoms with van der Waals surface area (Å²) in [6.45, 7) is 5.12. The first-order valence-corrected chi connectivity index (χ1v) is 13.3. The van der Waals surface area contributed by atoms with E-state index in [1.54, 1.807) is 25.6 Å². The largest absolute Gasteiger partial charge is 0.496 e. The summed E-state index contributed by atoms with van der Waals surface area (Å²) in [6, 6.07) is 22.5. The summed E-state index contributed by atoms with van der Waals surface area (Å²) in [5.74, 6) is 1.56. The molecular weight excluding hydrogens is 506 g/mol. The van der Waals surface area contributed by atoms with Crippen molar-refractivity contribution in [2.45, 2.75) is 39.5 Å². The van der Waals surface area contributed by atoms with Crippen LogP contribution >= 0.6 is 0 Å². The highest BCUT2D eigenvalue weighted by molar-refractivity contribution is 5.86. The number of hydrogen-bond donors (Lipinski definition) is 2. The number of fused-ring (bicyclic) bond motifs is 3. The van der Waals surface area contributed by atoms with Gasteiger partial charge in [-0.1, -0.05) is 36.4 Å². The lowest BCUT2D eigenvalue weighted by atomic mass is 9.93.